The number of carbonyl (C=O) groups is 2. The van der Waals surface area contributed by atoms with Crippen molar-refractivity contribution in [3.63, 3.8) is 0 Å². The van der Waals surface area contributed by atoms with E-state index in [1.165, 1.54) is 19.1 Å². The highest BCUT2D eigenvalue weighted by Gasteiger charge is 2.30. The van der Waals surface area contributed by atoms with Crippen molar-refractivity contribution < 1.29 is 23.8 Å². The van der Waals surface area contributed by atoms with E-state index in [4.69, 9.17) is 37.4 Å². The second kappa shape index (κ2) is 14.5. The molecule has 3 aromatic rings. The Morgan fingerprint density at radius 2 is 1.53 bits per heavy atom. The van der Waals surface area contributed by atoms with Crippen molar-refractivity contribution >= 4 is 35.0 Å². The highest BCUT2D eigenvalue weighted by Crippen LogP contribution is 2.28. The number of carbonyl (C=O) groups excluding carboxylic acids is 2. The van der Waals surface area contributed by atoms with Crippen LogP contribution in [0.2, 0.25) is 10.0 Å². The van der Waals surface area contributed by atoms with Gasteiger partial charge in [-0.3, -0.25) is 9.59 Å². The molecule has 0 heterocycles. The molecule has 1 atom stereocenters. The standard InChI is InChI=1S/C29H32Cl2N2O5/c1-4-12-32-29(35)27(14-20-8-6-5-7-9-20)33(18-21-10-11-25(30)26(31)13-21)28(34)19-38-24-16-22(36-2)15-23(17-24)37-3/h5-11,13,15-17,27H,4,12,14,18-19H2,1-3H3,(H,32,35)/t27-/m1/s1. The van der Waals surface area contributed by atoms with Gasteiger partial charge in [0.2, 0.25) is 5.91 Å². The molecule has 0 bridgehead atoms. The minimum atomic E-state index is -0.783. The van der Waals surface area contributed by atoms with Gasteiger partial charge in [0, 0.05) is 37.7 Å². The van der Waals surface area contributed by atoms with Crippen LogP contribution in [0.4, 0.5) is 0 Å². The number of rotatable bonds is 13. The van der Waals surface area contributed by atoms with Crippen LogP contribution in [0.3, 0.4) is 0 Å². The van der Waals surface area contributed by atoms with Crippen LogP contribution in [0, 0.1) is 0 Å². The Balaban J connectivity index is 1.93. The number of halogens is 2. The topological polar surface area (TPSA) is 77.1 Å². The molecular formula is C29H32Cl2N2O5. The number of ether oxygens (including phenoxy) is 3. The normalized spacial score (nSPS) is 11.4. The molecule has 3 aromatic carbocycles. The van der Waals surface area contributed by atoms with E-state index in [1.807, 2.05) is 37.3 Å². The van der Waals surface area contributed by atoms with Gasteiger partial charge in [-0.05, 0) is 29.7 Å². The summed E-state index contributed by atoms with van der Waals surface area (Å²) in [5.41, 5.74) is 1.66. The van der Waals surface area contributed by atoms with E-state index in [0.717, 1.165) is 17.5 Å². The van der Waals surface area contributed by atoms with Crippen molar-refractivity contribution in [1.82, 2.24) is 10.2 Å². The highest BCUT2D eigenvalue weighted by molar-refractivity contribution is 6.42. The van der Waals surface area contributed by atoms with Gasteiger partial charge in [0.15, 0.2) is 6.61 Å². The third kappa shape index (κ3) is 8.30. The first-order valence-electron chi connectivity index (χ1n) is 12.3. The highest BCUT2D eigenvalue weighted by atomic mass is 35.5. The van der Waals surface area contributed by atoms with E-state index in [1.54, 1.807) is 36.4 Å². The molecule has 0 saturated carbocycles. The summed E-state index contributed by atoms with van der Waals surface area (Å²) in [4.78, 5) is 28.6. The first-order chi connectivity index (χ1) is 18.3. The first-order valence-corrected chi connectivity index (χ1v) is 13.0. The zero-order chi connectivity index (χ0) is 27.5. The van der Waals surface area contributed by atoms with Crippen LogP contribution in [0.25, 0.3) is 0 Å². The van der Waals surface area contributed by atoms with Gasteiger partial charge in [-0.25, -0.2) is 0 Å². The van der Waals surface area contributed by atoms with E-state index in [9.17, 15) is 9.59 Å². The summed E-state index contributed by atoms with van der Waals surface area (Å²) >= 11 is 12.4. The number of methoxy groups -OCH3 is 2. The zero-order valence-electron chi connectivity index (χ0n) is 21.7. The van der Waals surface area contributed by atoms with Crippen molar-refractivity contribution in [3.05, 3.63) is 87.9 Å². The van der Waals surface area contributed by atoms with Gasteiger partial charge in [0.05, 0.1) is 24.3 Å². The molecule has 0 aliphatic heterocycles. The van der Waals surface area contributed by atoms with E-state index in [0.29, 0.717) is 40.3 Å². The Labute approximate surface area is 233 Å². The smallest absolute Gasteiger partial charge is 0.261 e. The van der Waals surface area contributed by atoms with Crippen LogP contribution in [-0.4, -0.2) is 50.1 Å². The Morgan fingerprint density at radius 3 is 2.13 bits per heavy atom. The molecule has 9 heteroatoms. The van der Waals surface area contributed by atoms with Crippen molar-refractivity contribution in [1.29, 1.82) is 0 Å². The monoisotopic (exact) mass is 558 g/mol. The lowest BCUT2D eigenvalue weighted by Crippen LogP contribution is -2.51. The molecule has 0 unspecified atom stereocenters. The quantitative estimate of drug-likeness (QED) is 0.297. The van der Waals surface area contributed by atoms with Gasteiger partial charge < -0.3 is 24.4 Å². The third-order valence-corrected chi connectivity index (χ3v) is 6.58. The van der Waals surface area contributed by atoms with E-state index in [-0.39, 0.29) is 25.0 Å². The van der Waals surface area contributed by atoms with Crippen LogP contribution in [0.5, 0.6) is 17.2 Å². The molecule has 0 aliphatic rings. The lowest BCUT2D eigenvalue weighted by molar-refractivity contribution is -0.142. The average Bonchev–Trinajstić information content (AvgIpc) is 2.94. The molecule has 3 rings (SSSR count). The lowest BCUT2D eigenvalue weighted by atomic mass is 10.0. The molecule has 38 heavy (non-hydrogen) atoms. The van der Waals surface area contributed by atoms with Crippen molar-refractivity contribution in [3.8, 4) is 17.2 Å². The molecule has 1 N–H and O–H groups in total. The second-order valence-electron chi connectivity index (χ2n) is 8.60. The Bertz CT molecular complexity index is 1200. The number of benzene rings is 3. The predicted octanol–water partition coefficient (Wildman–Crippen LogP) is 5.56. The SMILES string of the molecule is CCCNC(=O)[C@@H](Cc1ccccc1)N(Cc1ccc(Cl)c(Cl)c1)C(=O)COc1cc(OC)cc(OC)c1. The van der Waals surface area contributed by atoms with Gasteiger partial charge in [0.1, 0.15) is 23.3 Å². The average molecular weight is 559 g/mol. The maximum atomic E-state index is 13.7. The molecule has 0 aromatic heterocycles. The van der Waals surface area contributed by atoms with E-state index >= 15 is 0 Å². The second-order valence-corrected chi connectivity index (χ2v) is 9.42. The van der Waals surface area contributed by atoms with E-state index in [2.05, 4.69) is 5.32 Å². The molecule has 2 amide bonds. The number of nitrogens with one attached hydrogen (secondary N) is 1. The maximum Gasteiger partial charge on any atom is 0.261 e. The molecule has 7 nitrogen and oxygen atoms in total. The van der Waals surface area contributed by atoms with Gasteiger partial charge in [-0.1, -0.05) is 66.5 Å². The summed E-state index contributed by atoms with van der Waals surface area (Å²) in [6.07, 6.45) is 1.10. The minimum absolute atomic E-state index is 0.136. The molecule has 0 saturated heterocycles. The van der Waals surface area contributed by atoms with Crippen molar-refractivity contribution in [2.45, 2.75) is 32.4 Å². The van der Waals surface area contributed by atoms with Gasteiger partial charge in [0.25, 0.3) is 5.91 Å². The number of hydrogen-bond acceptors (Lipinski definition) is 5. The largest absolute Gasteiger partial charge is 0.496 e. The summed E-state index contributed by atoms with van der Waals surface area (Å²) < 4.78 is 16.4. The lowest BCUT2D eigenvalue weighted by Gasteiger charge is -2.31. The molecule has 0 aliphatic carbocycles. The summed E-state index contributed by atoms with van der Waals surface area (Å²) in [7, 11) is 3.07. The Hall–Kier alpha value is -3.42. The van der Waals surface area contributed by atoms with Gasteiger partial charge >= 0.3 is 0 Å². The van der Waals surface area contributed by atoms with Crippen molar-refractivity contribution in [2.75, 3.05) is 27.4 Å². The van der Waals surface area contributed by atoms with E-state index < -0.39 is 6.04 Å². The van der Waals surface area contributed by atoms with Crippen LogP contribution < -0.4 is 19.5 Å². The summed E-state index contributed by atoms with van der Waals surface area (Å²) in [5.74, 6) is 0.845. The van der Waals surface area contributed by atoms with Crippen LogP contribution in [0.1, 0.15) is 24.5 Å². The minimum Gasteiger partial charge on any atom is -0.496 e. The molecule has 202 valence electrons. The number of nitrogens with zero attached hydrogens (tertiary/aromatic N) is 1. The zero-order valence-corrected chi connectivity index (χ0v) is 23.2. The van der Waals surface area contributed by atoms with Gasteiger partial charge in [-0.15, -0.1) is 0 Å². The molecule has 0 radical (unpaired) electrons. The molecule has 0 spiro atoms. The summed E-state index contributed by atoms with van der Waals surface area (Å²) in [5, 5.41) is 3.72. The molecule has 0 fully saturated rings. The Morgan fingerprint density at radius 1 is 0.868 bits per heavy atom. The van der Waals surface area contributed by atoms with Crippen LogP contribution in [-0.2, 0) is 22.6 Å². The number of amides is 2. The fraction of sp³-hybridized carbons (Fsp3) is 0.310. The predicted molar refractivity (Wildman–Crippen MR) is 149 cm³/mol. The fourth-order valence-electron chi connectivity index (χ4n) is 3.85. The van der Waals surface area contributed by atoms with Gasteiger partial charge in [-0.2, -0.15) is 0 Å². The molecular weight excluding hydrogens is 527 g/mol. The van der Waals surface area contributed by atoms with Crippen molar-refractivity contribution in [2.24, 2.45) is 0 Å². The number of hydrogen-bond donors (Lipinski definition) is 1. The summed E-state index contributed by atoms with van der Waals surface area (Å²) in [6, 6.07) is 19.0. The fourth-order valence-corrected chi connectivity index (χ4v) is 4.17. The Kier molecular flexibility index (Phi) is 11.1. The van der Waals surface area contributed by atoms with Crippen LogP contribution in [0.15, 0.2) is 66.7 Å². The maximum absolute atomic E-state index is 13.7. The third-order valence-electron chi connectivity index (χ3n) is 5.84. The first kappa shape index (κ1) is 29.1. The summed E-state index contributed by atoms with van der Waals surface area (Å²) in [6.45, 7) is 2.31. The van der Waals surface area contributed by atoms with Crippen LogP contribution >= 0.6 is 23.2 Å².